The lowest BCUT2D eigenvalue weighted by Gasteiger charge is -2.28. The van der Waals surface area contributed by atoms with E-state index in [1.807, 2.05) is 47.6 Å². The minimum atomic E-state index is -3.59. The summed E-state index contributed by atoms with van der Waals surface area (Å²) in [5.41, 5.74) is 1.45. The minimum Gasteiger partial charge on any atom is -0.507 e. The highest BCUT2D eigenvalue weighted by molar-refractivity contribution is 7.95. The molecule has 0 aliphatic carbocycles. The Morgan fingerprint density at radius 2 is 1.56 bits per heavy atom. The second kappa shape index (κ2) is 7.21. The van der Waals surface area contributed by atoms with E-state index in [-0.39, 0.29) is 27.2 Å². The molecule has 1 aromatic rings. The molecule has 4 nitrogen and oxygen atoms in total. The molecule has 0 heterocycles. The standard InChI is InChI=1S/C20H29NO3S/c1-8-9-25(23,24)15(13-21)10-14-11-16(19(2,3)4)18(22)17(12-14)20(5,6)7/h10-12,22H,8-9H2,1-7H3. The highest BCUT2D eigenvalue weighted by Gasteiger charge is 2.27. The summed E-state index contributed by atoms with van der Waals surface area (Å²) in [6.07, 6.45) is 1.87. The van der Waals surface area contributed by atoms with Crippen molar-refractivity contribution < 1.29 is 13.5 Å². The number of hydrogen-bond donors (Lipinski definition) is 1. The summed E-state index contributed by atoms with van der Waals surface area (Å²) in [4.78, 5) is -0.236. The van der Waals surface area contributed by atoms with Gasteiger partial charge in [-0.15, -0.1) is 0 Å². The van der Waals surface area contributed by atoms with Gasteiger partial charge in [0.2, 0.25) is 0 Å². The first-order valence-corrected chi connectivity index (χ1v) is 10.1. The van der Waals surface area contributed by atoms with Crippen molar-refractivity contribution in [2.75, 3.05) is 5.75 Å². The number of sulfone groups is 1. The third-order valence-corrected chi connectivity index (χ3v) is 5.79. The largest absolute Gasteiger partial charge is 0.507 e. The van der Waals surface area contributed by atoms with E-state index in [2.05, 4.69) is 0 Å². The van der Waals surface area contributed by atoms with E-state index in [1.54, 1.807) is 19.1 Å². The van der Waals surface area contributed by atoms with Gasteiger partial charge in [-0.3, -0.25) is 0 Å². The van der Waals surface area contributed by atoms with E-state index in [0.29, 0.717) is 12.0 Å². The lowest BCUT2D eigenvalue weighted by atomic mass is 9.78. The van der Waals surface area contributed by atoms with Crippen LogP contribution in [0.25, 0.3) is 6.08 Å². The van der Waals surface area contributed by atoms with Crippen molar-refractivity contribution in [3.05, 3.63) is 33.7 Å². The van der Waals surface area contributed by atoms with Crippen LogP contribution in [0.1, 0.15) is 71.6 Å². The van der Waals surface area contributed by atoms with Gasteiger partial charge in [-0.2, -0.15) is 5.26 Å². The summed E-state index contributed by atoms with van der Waals surface area (Å²) in [5.74, 6) is 0.176. The summed E-state index contributed by atoms with van der Waals surface area (Å²) in [7, 11) is -3.59. The van der Waals surface area contributed by atoms with Crippen LogP contribution in [-0.2, 0) is 20.7 Å². The number of nitriles is 1. The van der Waals surface area contributed by atoms with Gasteiger partial charge in [-0.05, 0) is 41.0 Å². The third kappa shape index (κ3) is 5.09. The Kier molecular flexibility index (Phi) is 6.13. The summed E-state index contributed by atoms with van der Waals surface area (Å²) >= 11 is 0. The molecule has 0 spiro atoms. The zero-order chi connectivity index (χ0) is 19.6. The van der Waals surface area contributed by atoms with E-state index in [4.69, 9.17) is 0 Å². The molecule has 0 saturated carbocycles. The maximum atomic E-state index is 12.3. The number of phenolic OH excluding ortho intramolecular Hbond substituents is 1. The molecule has 0 fully saturated rings. The summed E-state index contributed by atoms with van der Waals surface area (Å²) < 4.78 is 24.5. The van der Waals surface area contributed by atoms with Crippen LogP contribution in [0.4, 0.5) is 0 Å². The first-order chi connectivity index (χ1) is 11.2. The number of nitrogens with zero attached hydrogens (tertiary/aromatic N) is 1. The van der Waals surface area contributed by atoms with Gasteiger partial charge in [0.15, 0.2) is 9.84 Å². The lowest BCUT2D eigenvalue weighted by molar-refractivity contribution is 0.423. The molecule has 1 aromatic carbocycles. The van der Waals surface area contributed by atoms with Gasteiger partial charge in [0, 0.05) is 11.1 Å². The zero-order valence-corrected chi connectivity index (χ0v) is 17.1. The molecule has 0 radical (unpaired) electrons. The normalized spacial score (nSPS) is 13.6. The maximum absolute atomic E-state index is 12.3. The summed E-state index contributed by atoms with van der Waals surface area (Å²) in [6, 6.07) is 5.35. The zero-order valence-electron chi connectivity index (χ0n) is 16.3. The van der Waals surface area contributed by atoms with Gasteiger partial charge in [0.1, 0.15) is 16.7 Å². The van der Waals surface area contributed by atoms with E-state index >= 15 is 0 Å². The van der Waals surface area contributed by atoms with Crippen molar-refractivity contribution in [1.82, 2.24) is 0 Å². The van der Waals surface area contributed by atoms with E-state index < -0.39 is 9.84 Å². The van der Waals surface area contributed by atoms with Crippen LogP contribution in [0.2, 0.25) is 0 Å². The van der Waals surface area contributed by atoms with Crippen LogP contribution in [0, 0.1) is 11.3 Å². The average Bonchev–Trinajstić information content (AvgIpc) is 2.43. The maximum Gasteiger partial charge on any atom is 0.188 e. The highest BCUT2D eigenvalue weighted by atomic mass is 32.2. The number of aromatic hydroxyl groups is 1. The third-order valence-electron chi connectivity index (χ3n) is 3.96. The van der Waals surface area contributed by atoms with E-state index in [9.17, 15) is 18.8 Å². The van der Waals surface area contributed by atoms with Crippen LogP contribution < -0.4 is 0 Å². The molecule has 0 aliphatic heterocycles. The second-order valence-corrected chi connectivity index (χ2v) is 10.5. The first kappa shape index (κ1) is 21.2. The number of rotatable bonds is 4. The van der Waals surface area contributed by atoms with Gasteiger partial charge >= 0.3 is 0 Å². The molecule has 5 heteroatoms. The Morgan fingerprint density at radius 3 is 1.88 bits per heavy atom. The fourth-order valence-electron chi connectivity index (χ4n) is 2.61. The molecule has 0 bridgehead atoms. The molecule has 0 amide bonds. The molecule has 0 atom stereocenters. The molecule has 1 rings (SSSR count). The van der Waals surface area contributed by atoms with Crippen molar-refractivity contribution in [1.29, 1.82) is 5.26 Å². The fraction of sp³-hybridized carbons (Fsp3) is 0.550. The van der Waals surface area contributed by atoms with Gasteiger partial charge in [0.05, 0.1) is 5.75 Å². The SMILES string of the molecule is CCCS(=O)(=O)C(C#N)=Cc1cc(C(C)(C)C)c(O)c(C(C)(C)C)c1. The Bertz CT molecular complexity index is 779. The predicted molar refractivity (Wildman–Crippen MR) is 103 cm³/mol. The molecular formula is C20H29NO3S. The van der Waals surface area contributed by atoms with Crippen molar-refractivity contribution >= 4 is 15.9 Å². The molecule has 0 aromatic heterocycles. The predicted octanol–water partition coefficient (Wildman–Crippen LogP) is 4.68. The lowest BCUT2D eigenvalue weighted by Crippen LogP contribution is -2.17. The first-order valence-electron chi connectivity index (χ1n) is 8.46. The number of phenols is 1. The fourth-order valence-corrected chi connectivity index (χ4v) is 3.82. The Balaban J connectivity index is 3.72. The van der Waals surface area contributed by atoms with E-state index in [1.165, 1.54) is 6.08 Å². The van der Waals surface area contributed by atoms with Crippen molar-refractivity contribution in [2.45, 2.75) is 65.7 Å². The average molecular weight is 364 g/mol. The topological polar surface area (TPSA) is 78.2 Å². The number of benzene rings is 1. The van der Waals surface area contributed by atoms with E-state index in [0.717, 1.165) is 11.1 Å². The van der Waals surface area contributed by atoms with Crippen LogP contribution in [0.5, 0.6) is 5.75 Å². The summed E-state index contributed by atoms with van der Waals surface area (Å²) in [6.45, 7) is 13.7. The molecule has 0 saturated heterocycles. The molecule has 138 valence electrons. The molecule has 25 heavy (non-hydrogen) atoms. The number of hydrogen-bond acceptors (Lipinski definition) is 4. The van der Waals surface area contributed by atoms with Crippen molar-refractivity contribution in [3.63, 3.8) is 0 Å². The smallest absolute Gasteiger partial charge is 0.188 e. The molecule has 0 unspecified atom stereocenters. The molecule has 0 aliphatic rings. The van der Waals surface area contributed by atoms with Crippen molar-refractivity contribution in [2.24, 2.45) is 0 Å². The van der Waals surface area contributed by atoms with Crippen LogP contribution in [-0.4, -0.2) is 19.3 Å². The Morgan fingerprint density at radius 1 is 1.12 bits per heavy atom. The second-order valence-electron chi connectivity index (χ2n) is 8.40. The van der Waals surface area contributed by atoms with Gasteiger partial charge < -0.3 is 5.11 Å². The van der Waals surface area contributed by atoms with Crippen LogP contribution >= 0.6 is 0 Å². The quantitative estimate of drug-likeness (QED) is 0.788. The summed E-state index contributed by atoms with van der Waals surface area (Å²) in [5, 5.41) is 20.0. The van der Waals surface area contributed by atoms with Crippen molar-refractivity contribution in [3.8, 4) is 11.8 Å². The number of allylic oxidation sites excluding steroid dienone is 1. The van der Waals surface area contributed by atoms with Crippen LogP contribution in [0.15, 0.2) is 17.0 Å². The highest BCUT2D eigenvalue weighted by Crippen LogP contribution is 2.40. The van der Waals surface area contributed by atoms with Crippen LogP contribution in [0.3, 0.4) is 0 Å². The Labute approximate surface area is 152 Å². The minimum absolute atomic E-state index is 0.0528. The molecular weight excluding hydrogens is 334 g/mol. The van der Waals surface area contributed by atoms with Gasteiger partial charge in [0.25, 0.3) is 0 Å². The van der Waals surface area contributed by atoms with Gasteiger partial charge in [-0.25, -0.2) is 8.42 Å². The van der Waals surface area contributed by atoms with Gasteiger partial charge in [-0.1, -0.05) is 48.5 Å². The monoisotopic (exact) mass is 363 g/mol. The Hall–Kier alpha value is -1.80. The molecule has 1 N–H and O–H groups in total.